The Morgan fingerprint density at radius 1 is 0.161 bits per heavy atom. The van der Waals surface area contributed by atoms with E-state index in [2.05, 4.69) is 346 Å². The summed E-state index contributed by atoms with van der Waals surface area (Å²) in [5.74, 6) is 0. The summed E-state index contributed by atoms with van der Waals surface area (Å²) in [7, 11) is -0.915. The predicted octanol–water partition coefficient (Wildman–Crippen LogP) is 34.5. The molecule has 0 aliphatic rings. The number of aryl methyl sites for hydroxylation is 4. The van der Waals surface area contributed by atoms with Crippen molar-refractivity contribution in [3.63, 3.8) is 0 Å². The van der Waals surface area contributed by atoms with Gasteiger partial charge >= 0.3 is 0 Å². The Bertz CT molecular complexity index is 3280. The van der Waals surface area contributed by atoms with Crippen molar-refractivity contribution in [2.24, 2.45) is 0 Å². The van der Waals surface area contributed by atoms with Gasteiger partial charge in [-0.1, -0.05) is 216 Å². The van der Waals surface area contributed by atoms with Gasteiger partial charge in [0.1, 0.15) is 0 Å². The molecule has 16 heteroatoms. The van der Waals surface area contributed by atoms with Crippen LogP contribution in [0, 0.1) is 27.7 Å². The monoisotopic (exact) mass is 2260 g/mol. The molecular formula is C108H180P8Rh4S4+4. The van der Waals surface area contributed by atoms with Gasteiger partial charge in [0.25, 0.3) is 0 Å². The van der Waals surface area contributed by atoms with E-state index >= 15 is 0 Å². The molecule has 0 saturated carbocycles. The summed E-state index contributed by atoms with van der Waals surface area (Å²) in [6.45, 7) is 86.2. The van der Waals surface area contributed by atoms with Crippen LogP contribution in [0.25, 0.3) is 44.5 Å². The summed E-state index contributed by atoms with van der Waals surface area (Å²) in [6.07, 6.45) is 12.5. The van der Waals surface area contributed by atoms with Gasteiger partial charge in [0.05, 0.1) is 140 Å². The van der Waals surface area contributed by atoms with Gasteiger partial charge in [-0.2, -0.15) is 19.6 Å². The number of hydrogen-bond acceptors (Lipinski definition) is 4. The second-order valence-electron chi connectivity index (χ2n) is 38.3. The van der Waals surface area contributed by atoms with Crippen LogP contribution in [0.4, 0.5) is 0 Å². The van der Waals surface area contributed by atoms with Gasteiger partial charge in [-0.3, -0.25) is 0 Å². The molecule has 0 spiro atoms. The van der Waals surface area contributed by atoms with Gasteiger partial charge in [0.15, 0.2) is 0 Å². The normalized spacial score (nSPS) is 11.3. The van der Waals surface area contributed by atoms with E-state index < -0.39 is 0 Å². The van der Waals surface area contributed by atoms with E-state index in [0.29, 0.717) is 0 Å². The number of hydrogen-bond donors (Lipinski definition) is 0. The zero-order valence-electron chi connectivity index (χ0n) is 84.3. The Balaban J connectivity index is -0.000000661. The fourth-order valence-corrected chi connectivity index (χ4v) is 47.3. The Labute approximate surface area is 852 Å². The Hall–Kier alpha value is 0.574. The minimum Gasteiger partial charge on any atom is -0.779 e. The molecule has 0 aliphatic heterocycles. The first-order valence-electron chi connectivity index (χ1n) is 46.4. The van der Waals surface area contributed by atoms with E-state index in [9.17, 15) is 0 Å². The third-order valence-electron chi connectivity index (χ3n) is 23.9. The summed E-state index contributed by atoms with van der Waals surface area (Å²) in [6, 6.07) is 65.7. The molecule has 0 fully saturated rings. The molecular weight excluding hydrogens is 2080 g/mol. The zero-order valence-corrected chi connectivity index (χ0v) is 102. The van der Waals surface area contributed by atoms with Crippen LogP contribution in [-0.2, 0) is 128 Å². The van der Waals surface area contributed by atoms with E-state index in [0.717, 1.165) is 132 Å². The van der Waals surface area contributed by atoms with E-state index in [1.165, 1.54) is 44.5 Å². The predicted molar refractivity (Wildman–Crippen MR) is 597 cm³/mol. The molecule has 0 N–H and O–H groups in total. The fraction of sp³-hybridized carbons (Fsp3) is 0.556. The molecule has 124 heavy (non-hydrogen) atoms. The number of rotatable bonds is 32. The van der Waals surface area contributed by atoms with Crippen molar-refractivity contribution in [2.75, 3.05) is 49.3 Å². The zero-order chi connectivity index (χ0) is 91.4. The molecule has 0 saturated heterocycles. The number of benzene rings is 8. The molecule has 4 radical (unpaired) electrons. The second-order valence-corrected chi connectivity index (χ2v) is 71.7. The average molecular weight is 2270 g/mol. The summed E-state index contributed by atoms with van der Waals surface area (Å²) in [4.78, 5) is 3.83. The molecule has 708 valence electrons. The van der Waals surface area contributed by atoms with Crippen LogP contribution in [0.3, 0.4) is 0 Å². The second kappa shape index (κ2) is 72.0. The first kappa shape index (κ1) is 131. The molecule has 0 aromatic heterocycles. The Morgan fingerprint density at radius 3 is 0.363 bits per heavy atom. The van der Waals surface area contributed by atoms with Gasteiger partial charge in [-0.15, -0.1) is 0 Å². The molecule has 0 unspecified atom stereocenters. The minimum atomic E-state index is -0.114. The van der Waals surface area contributed by atoms with Crippen molar-refractivity contribution in [1.82, 2.24) is 0 Å². The molecule has 0 bridgehead atoms. The molecule has 8 aromatic rings. The van der Waals surface area contributed by atoms with Gasteiger partial charge in [0, 0.05) is 141 Å². The van der Waals surface area contributed by atoms with Crippen molar-refractivity contribution in [2.45, 2.75) is 359 Å². The van der Waals surface area contributed by atoms with Crippen molar-refractivity contribution in [1.29, 1.82) is 0 Å². The van der Waals surface area contributed by atoms with Crippen LogP contribution >= 0.6 is 63.4 Å². The van der Waals surface area contributed by atoms with Crippen molar-refractivity contribution in [3.8, 4) is 44.5 Å². The maximum Gasteiger partial charge on any atom is 0.0910 e. The molecule has 0 atom stereocenters. The van der Waals surface area contributed by atoms with Gasteiger partial charge in [0.2, 0.25) is 0 Å². The summed E-state index contributed by atoms with van der Waals surface area (Å²) < 4.78 is 0. The molecule has 0 nitrogen and oxygen atoms in total. The van der Waals surface area contributed by atoms with E-state index in [1.54, 1.807) is 49.3 Å². The molecule has 0 aliphatic carbocycles. The maximum atomic E-state index is 5.38. The van der Waals surface area contributed by atoms with Crippen LogP contribution in [0.1, 0.15) is 244 Å². The standard InChI is InChI=1S/4C14H32P2.4C13H12S.4Rh/c4*1-11(2)15(12(3)4)9-10-16(13(5)6)14(7)8;4*1-10-6-5-9-12(13(10)14)11-7-3-2-4-8-11;;;;/h4*11-14H,9-10H2,1-8H3;4*2-9,14H,1H3;;;;/p+4. The van der Waals surface area contributed by atoms with Crippen LogP contribution in [-0.4, -0.2) is 140 Å². The van der Waals surface area contributed by atoms with Gasteiger partial charge < -0.3 is 50.5 Å². The van der Waals surface area contributed by atoms with Crippen molar-refractivity contribution >= 4 is 114 Å². The van der Waals surface area contributed by atoms with Crippen LogP contribution in [0.2, 0.25) is 0 Å². The minimum absolute atomic E-state index is 0. The van der Waals surface area contributed by atoms with Crippen molar-refractivity contribution in [3.05, 3.63) is 216 Å². The third kappa shape index (κ3) is 50.9. The van der Waals surface area contributed by atoms with Crippen LogP contribution in [0.15, 0.2) is 214 Å². The van der Waals surface area contributed by atoms with Gasteiger partial charge in [-0.25, -0.2) is 0 Å². The molecule has 8 rings (SSSR count). The first-order valence-corrected chi connectivity index (χ1v) is 62.9. The fourth-order valence-electron chi connectivity index (χ4n) is 17.1. The Kier molecular flexibility index (Phi) is 76.0. The summed E-state index contributed by atoms with van der Waals surface area (Å²) >= 11 is 21.5. The Morgan fingerprint density at radius 2 is 0.266 bits per heavy atom. The average Bonchev–Trinajstić information content (AvgIpc) is 0.847. The quantitative estimate of drug-likeness (QED) is 0.0234. The topological polar surface area (TPSA) is 0 Å². The first-order chi connectivity index (χ1) is 56.2. The molecule has 0 heterocycles. The third-order valence-corrected chi connectivity index (χ3v) is 58.4. The van der Waals surface area contributed by atoms with Crippen LogP contribution < -0.4 is 0 Å². The molecule has 8 aromatic carbocycles. The van der Waals surface area contributed by atoms with E-state index in [-0.39, 0.29) is 141 Å². The van der Waals surface area contributed by atoms with E-state index in [1.807, 2.05) is 97.1 Å². The summed E-state index contributed by atoms with van der Waals surface area (Å²) in [5.41, 5.74) is 29.3. The largest absolute Gasteiger partial charge is 0.779 e. The van der Waals surface area contributed by atoms with Gasteiger partial charge in [-0.05, 0) is 294 Å². The maximum absolute atomic E-state index is 5.38. The molecule has 0 amide bonds. The van der Waals surface area contributed by atoms with Crippen molar-refractivity contribution < 1.29 is 77.9 Å². The smallest absolute Gasteiger partial charge is 0.0910 e. The van der Waals surface area contributed by atoms with Crippen LogP contribution in [0.5, 0.6) is 0 Å². The van der Waals surface area contributed by atoms with E-state index in [4.69, 9.17) is 50.5 Å². The summed E-state index contributed by atoms with van der Waals surface area (Å²) in [5, 5.41) is 0. The SMILES string of the molecule is CC(C)[PH+](CC[PH+](C(C)C)C(C)C)C(C)C.CC(C)[PH+](CC[PH+](C(C)C)C(C)C)C(C)C.CC(C)[PH+](CC[PH+](C(C)C)C(C)C)C(C)C.CC(C)[PH+](CC[PH+](C(C)C)C(C)C)C(C)C.Cc1cccc(-c2ccccc2)c1[S-].Cc1cccc(-c2ccccc2)c1[S-].Cc1cccc(-c2ccccc2)c1[S-].Cc1cccc(-c2ccccc2)c1[S-].[Rh].[Rh].[Rh].[Rh].